The van der Waals surface area contributed by atoms with Crippen molar-refractivity contribution in [2.75, 3.05) is 26.4 Å². The van der Waals surface area contributed by atoms with Crippen molar-refractivity contribution in [2.24, 2.45) is 5.41 Å². The number of rotatable bonds is 0. The van der Waals surface area contributed by atoms with Gasteiger partial charge in [0.15, 0.2) is 0 Å². The van der Waals surface area contributed by atoms with Crippen molar-refractivity contribution < 1.29 is 37.0 Å². The maximum Gasteiger partial charge on any atom is 0.267 e. The van der Waals surface area contributed by atoms with Gasteiger partial charge in [0, 0.05) is 0 Å². The van der Waals surface area contributed by atoms with Gasteiger partial charge in [-0.3, -0.25) is 9.13 Å². The first-order chi connectivity index (χ1) is 6.83. The molecule has 0 aromatic carbocycles. The Kier molecular flexibility index (Phi) is 2.82. The Bertz CT molecular complexity index is 291. The molecule has 2 heterocycles. The second kappa shape index (κ2) is 3.61. The zero-order valence-electron chi connectivity index (χ0n) is 7.49. The molecule has 10 heteroatoms. The van der Waals surface area contributed by atoms with Crippen LogP contribution in [0.1, 0.15) is 0 Å². The summed E-state index contributed by atoms with van der Waals surface area (Å²) in [6.45, 7) is -0.802. The number of hydrogen-bond acceptors (Lipinski definition) is 8. The van der Waals surface area contributed by atoms with E-state index in [1.54, 1.807) is 0 Å². The maximum absolute atomic E-state index is 10.8. The summed E-state index contributed by atoms with van der Waals surface area (Å²) in [5.74, 6) is 0. The van der Waals surface area contributed by atoms with Crippen molar-refractivity contribution in [2.45, 2.75) is 0 Å². The van der Waals surface area contributed by atoms with Gasteiger partial charge in [0.1, 0.15) is 0 Å². The number of hydrogen-bond donors (Lipinski definition) is 0. The first-order valence-electron chi connectivity index (χ1n) is 4.03. The first kappa shape index (κ1) is 11.7. The van der Waals surface area contributed by atoms with Crippen molar-refractivity contribution in [3.63, 3.8) is 0 Å². The van der Waals surface area contributed by atoms with Gasteiger partial charge in [0.25, 0.3) is 15.6 Å². The summed E-state index contributed by atoms with van der Waals surface area (Å²) in [6, 6.07) is 0. The van der Waals surface area contributed by atoms with Crippen LogP contribution in [-0.2, 0) is 27.2 Å². The average Bonchev–Trinajstić information content (AvgIpc) is 2.15. The maximum atomic E-state index is 10.8. The van der Waals surface area contributed by atoms with E-state index in [1.807, 2.05) is 0 Å². The van der Waals surface area contributed by atoms with Gasteiger partial charge in [-0.05, 0) is 0 Å². The SMILES string of the molecule is O=P1([O-])OCC2(CO1)COP(=O)([O-])OC2. The largest absolute Gasteiger partial charge is 0.756 e. The molecule has 0 aromatic heterocycles. The molecule has 0 radical (unpaired) electrons. The Hall–Kier alpha value is 0.220. The molecule has 0 saturated carbocycles. The fourth-order valence-corrected chi connectivity index (χ4v) is 3.07. The number of phosphoric ester groups is 2. The van der Waals surface area contributed by atoms with Gasteiger partial charge in [-0.15, -0.1) is 0 Å². The van der Waals surface area contributed by atoms with Crippen LogP contribution >= 0.6 is 15.6 Å². The third kappa shape index (κ3) is 2.67. The predicted molar refractivity (Wildman–Crippen MR) is 41.5 cm³/mol. The molecular weight excluding hydrogens is 250 g/mol. The van der Waals surface area contributed by atoms with Crippen molar-refractivity contribution in [3.05, 3.63) is 0 Å². The minimum absolute atomic E-state index is 0.201. The van der Waals surface area contributed by atoms with E-state index in [-0.39, 0.29) is 26.4 Å². The summed E-state index contributed by atoms with van der Waals surface area (Å²) in [6.07, 6.45) is 0. The summed E-state index contributed by atoms with van der Waals surface area (Å²) in [5.41, 5.74) is -0.864. The van der Waals surface area contributed by atoms with E-state index in [0.717, 1.165) is 0 Å². The molecule has 0 N–H and O–H groups in total. The minimum Gasteiger partial charge on any atom is -0.756 e. The summed E-state index contributed by atoms with van der Waals surface area (Å²) in [4.78, 5) is 21.6. The molecule has 2 fully saturated rings. The molecule has 0 aliphatic carbocycles. The predicted octanol–water partition coefficient (Wildman–Crippen LogP) is -0.997. The van der Waals surface area contributed by atoms with Gasteiger partial charge in [0.05, 0.1) is 31.8 Å². The second-order valence-corrected chi connectivity index (χ2v) is 6.31. The minimum atomic E-state index is -4.22. The molecule has 2 rings (SSSR count). The molecule has 0 amide bonds. The molecular formula is C5H8O8P2-2. The zero-order valence-corrected chi connectivity index (χ0v) is 9.28. The van der Waals surface area contributed by atoms with Crippen LogP contribution in [-0.4, -0.2) is 26.4 Å². The van der Waals surface area contributed by atoms with E-state index in [9.17, 15) is 18.9 Å². The monoisotopic (exact) mass is 258 g/mol. The van der Waals surface area contributed by atoms with Crippen molar-refractivity contribution >= 4 is 15.6 Å². The van der Waals surface area contributed by atoms with Crippen LogP contribution < -0.4 is 9.79 Å². The van der Waals surface area contributed by atoms with Gasteiger partial charge < -0.3 is 27.9 Å². The fraction of sp³-hybridized carbons (Fsp3) is 1.00. The van der Waals surface area contributed by atoms with Crippen LogP contribution in [0.5, 0.6) is 0 Å². The molecule has 88 valence electrons. The molecule has 0 atom stereocenters. The van der Waals surface area contributed by atoms with E-state index in [0.29, 0.717) is 0 Å². The second-order valence-electron chi connectivity index (χ2n) is 3.49. The van der Waals surface area contributed by atoms with Crippen LogP contribution in [0.15, 0.2) is 0 Å². The Balaban J connectivity index is 2.01. The summed E-state index contributed by atoms with van der Waals surface area (Å²) in [5, 5.41) is 0. The van der Waals surface area contributed by atoms with Gasteiger partial charge in [-0.2, -0.15) is 0 Å². The molecule has 8 nitrogen and oxygen atoms in total. The van der Waals surface area contributed by atoms with Gasteiger partial charge in [-0.25, -0.2) is 0 Å². The Labute approximate surface area is 85.3 Å². The van der Waals surface area contributed by atoms with E-state index in [2.05, 4.69) is 18.1 Å². The van der Waals surface area contributed by atoms with Crippen LogP contribution in [0.2, 0.25) is 0 Å². The molecule has 2 aliphatic heterocycles. The standard InChI is InChI=1S/C5H10O8P2/c6-14(7)10-1-5(2-11-14)3-12-15(8,9)13-4-5/h1-4H2,(H,6,7)(H,8,9)/p-2. The first-order valence-corrected chi connectivity index (χ1v) is 6.95. The lowest BCUT2D eigenvalue weighted by Crippen LogP contribution is -2.47. The molecule has 15 heavy (non-hydrogen) atoms. The van der Waals surface area contributed by atoms with Crippen LogP contribution in [0.4, 0.5) is 0 Å². The summed E-state index contributed by atoms with van der Waals surface area (Å²) in [7, 11) is -8.44. The fourth-order valence-electron chi connectivity index (χ4n) is 1.19. The van der Waals surface area contributed by atoms with Gasteiger partial charge in [0.2, 0.25) is 0 Å². The van der Waals surface area contributed by atoms with E-state index >= 15 is 0 Å². The quantitative estimate of drug-likeness (QED) is 0.508. The Morgan fingerprint density at radius 3 is 1.33 bits per heavy atom. The van der Waals surface area contributed by atoms with Crippen molar-refractivity contribution in [1.82, 2.24) is 0 Å². The van der Waals surface area contributed by atoms with Crippen LogP contribution in [0.3, 0.4) is 0 Å². The van der Waals surface area contributed by atoms with E-state index in [1.165, 1.54) is 0 Å². The molecule has 0 bridgehead atoms. The molecule has 0 unspecified atom stereocenters. The molecule has 1 spiro atoms. The molecule has 2 aliphatic rings. The average molecular weight is 258 g/mol. The third-order valence-electron chi connectivity index (χ3n) is 2.12. The Morgan fingerprint density at radius 1 is 0.800 bits per heavy atom. The summed E-state index contributed by atoms with van der Waals surface area (Å²) >= 11 is 0. The van der Waals surface area contributed by atoms with Crippen LogP contribution in [0, 0.1) is 5.41 Å². The van der Waals surface area contributed by atoms with Gasteiger partial charge in [-0.1, -0.05) is 0 Å². The van der Waals surface area contributed by atoms with Crippen molar-refractivity contribution in [1.29, 1.82) is 0 Å². The zero-order chi connectivity index (χ0) is 11.2. The molecule has 2 saturated heterocycles. The highest BCUT2D eigenvalue weighted by molar-refractivity contribution is 7.46. The van der Waals surface area contributed by atoms with E-state index in [4.69, 9.17) is 0 Å². The highest BCUT2D eigenvalue weighted by Gasteiger charge is 2.43. The topological polar surface area (TPSA) is 117 Å². The normalized spacial score (nSPS) is 51.9. The number of phosphoric acid groups is 2. The van der Waals surface area contributed by atoms with Crippen LogP contribution in [0.25, 0.3) is 0 Å². The lowest BCUT2D eigenvalue weighted by molar-refractivity contribution is -0.261. The van der Waals surface area contributed by atoms with E-state index < -0.39 is 21.1 Å². The highest BCUT2D eigenvalue weighted by Crippen LogP contribution is 2.52. The molecule has 0 aromatic rings. The lowest BCUT2D eigenvalue weighted by Gasteiger charge is -2.45. The van der Waals surface area contributed by atoms with Gasteiger partial charge >= 0.3 is 0 Å². The lowest BCUT2D eigenvalue weighted by atomic mass is 9.93. The highest BCUT2D eigenvalue weighted by atomic mass is 31.2. The third-order valence-corrected chi connectivity index (χ3v) is 3.90. The Morgan fingerprint density at radius 2 is 1.07 bits per heavy atom. The smallest absolute Gasteiger partial charge is 0.267 e. The summed E-state index contributed by atoms with van der Waals surface area (Å²) < 4.78 is 39.4. The van der Waals surface area contributed by atoms with Crippen molar-refractivity contribution in [3.8, 4) is 0 Å².